The van der Waals surface area contributed by atoms with Crippen LogP contribution in [0.5, 0.6) is 0 Å². The number of unbranched alkanes of at least 4 members (excludes halogenated alkanes) is 2. The Hall–Kier alpha value is -7.46. The molecule has 2 amide bonds. The van der Waals surface area contributed by atoms with E-state index >= 15 is 0 Å². The minimum absolute atomic E-state index is 0.0157. The maximum absolute atomic E-state index is 14.4. The number of amides is 2. The smallest absolute Gasteiger partial charge is 0.457 e. The number of hydrogen-bond acceptors (Lipinski definition) is 18. The van der Waals surface area contributed by atoms with Crippen LogP contribution in [-0.4, -0.2) is 118 Å². The lowest BCUT2D eigenvalue weighted by Gasteiger charge is -2.35. The highest BCUT2D eigenvalue weighted by Crippen LogP contribution is 2.42. The van der Waals surface area contributed by atoms with Crippen molar-refractivity contribution >= 4 is 75.7 Å². The van der Waals surface area contributed by atoms with Crippen molar-refractivity contribution in [2.45, 2.75) is 148 Å². The number of benzene rings is 2. The molecule has 0 saturated heterocycles. The number of nitrogens with two attached hydrogens (primary N) is 1. The van der Waals surface area contributed by atoms with Crippen LogP contribution in [0.2, 0.25) is 0 Å². The number of rotatable bonds is 34. The van der Waals surface area contributed by atoms with E-state index in [1.54, 1.807) is 66.0 Å². The first-order chi connectivity index (χ1) is 40.5. The van der Waals surface area contributed by atoms with Crippen LogP contribution in [0.25, 0.3) is 28.4 Å². The number of fused-ring (bicyclic) bond motifs is 5. The fourth-order valence-electron chi connectivity index (χ4n) is 10.5. The number of nitrogens with zero attached hydrogens (tertiary/aromatic N) is 5. The van der Waals surface area contributed by atoms with Crippen molar-refractivity contribution in [1.82, 2.24) is 24.4 Å². The maximum atomic E-state index is 14.4. The van der Waals surface area contributed by atoms with Gasteiger partial charge in [0.2, 0.25) is 17.4 Å². The zero-order valence-electron chi connectivity index (χ0n) is 48.7. The van der Waals surface area contributed by atoms with Crippen molar-refractivity contribution in [1.29, 1.82) is 0 Å². The third-order valence-electron chi connectivity index (χ3n) is 15.0. The molecule has 5 aromatic rings. The van der Waals surface area contributed by atoms with Crippen molar-refractivity contribution in [2.75, 3.05) is 51.1 Å². The van der Waals surface area contributed by atoms with Crippen LogP contribution in [0.4, 0.5) is 10.5 Å². The minimum Gasteiger partial charge on any atom is -0.457 e. The second kappa shape index (κ2) is 31.4. The molecule has 0 unspecified atom stereocenters. The first-order valence-electron chi connectivity index (χ1n) is 28.9. The summed E-state index contributed by atoms with van der Waals surface area (Å²) >= 11 is 1.49. The van der Waals surface area contributed by atoms with Crippen LogP contribution in [0, 0.1) is 5.92 Å². The Kier molecular flexibility index (Phi) is 24.0. The number of Topliss-reactive ketones (excluding diaryl/α,β-unsaturated/α-hetero) is 3. The summed E-state index contributed by atoms with van der Waals surface area (Å²) in [6.45, 7) is 7.83. The quantitative estimate of drug-likeness (QED) is 0.0165. The van der Waals surface area contributed by atoms with E-state index in [9.17, 15) is 38.4 Å². The van der Waals surface area contributed by atoms with Crippen LogP contribution < -0.4 is 16.6 Å². The topological polar surface area (TPSA) is 268 Å². The number of thioether (sulfide) groups is 1. The molecule has 2 aliphatic rings. The predicted molar refractivity (Wildman–Crippen MR) is 318 cm³/mol. The van der Waals surface area contributed by atoms with Gasteiger partial charge < -0.3 is 44.2 Å². The Balaban J connectivity index is 0.850. The van der Waals surface area contributed by atoms with Gasteiger partial charge in [-0.25, -0.2) is 24.5 Å². The molecular weight excluding hydrogens is 1090 g/mol. The van der Waals surface area contributed by atoms with E-state index in [0.717, 1.165) is 40.1 Å². The van der Waals surface area contributed by atoms with E-state index in [1.165, 1.54) is 11.8 Å². The summed E-state index contributed by atoms with van der Waals surface area (Å²) in [5, 5.41) is 4.50. The molecule has 3 aromatic heterocycles. The Bertz CT molecular complexity index is 3240. The number of para-hydroxylation sites is 1. The van der Waals surface area contributed by atoms with E-state index in [-0.39, 0.29) is 98.6 Å². The van der Waals surface area contributed by atoms with Crippen LogP contribution in [0.3, 0.4) is 0 Å². The molecule has 2 aliphatic heterocycles. The van der Waals surface area contributed by atoms with E-state index < -0.39 is 29.2 Å². The first kappa shape index (κ1) is 64.1. The summed E-state index contributed by atoms with van der Waals surface area (Å²) in [5.74, 6) is -2.29. The van der Waals surface area contributed by atoms with E-state index in [4.69, 9.17) is 34.4 Å². The number of esters is 1. The zero-order valence-corrected chi connectivity index (χ0v) is 49.6. The molecule has 448 valence electrons. The summed E-state index contributed by atoms with van der Waals surface area (Å²) in [6, 6.07) is 15.9. The third kappa shape index (κ3) is 17.1. The molecule has 5 heterocycles. The highest BCUT2D eigenvalue weighted by Gasteiger charge is 2.51. The lowest BCUT2D eigenvalue weighted by atomic mass is 9.85. The van der Waals surface area contributed by atoms with Gasteiger partial charge in [-0.3, -0.25) is 28.8 Å². The SMILES string of the molecule is CC[C@@]1(OC(=O)OCc2ccc(NC(=O)[C@H](CCCCN)CC(=O)COCC(=O)CCCOCCCC(=O)CCC/C=C/c3cnc(SC)nc3)cc2)C(=O)OCc2c1cc1n(c2=O)Cc2c-1nc1ccccc1c2CCN(C(C)=O)C(C)C. The molecule has 2 atom stereocenters. The van der Waals surface area contributed by atoms with Crippen molar-refractivity contribution in [3.63, 3.8) is 0 Å². The standard InChI is InChI=1S/C63H77N7O13S/c1-6-63(54-33-56-57-52(36-70(56)59(76)53(54)40-81-60(63)77)50(27-29-69(41(2)3)42(4)71)51-21-10-11-22-55(51)68-57)83-62(78)82-37-43-23-25-46(26-24-43)67-58(75)45(17-12-13-28-64)32-49(74)39-80-38-48(73)20-15-31-79-30-14-19-47(72)18-9-7-8-16-44-34-65-61(84-5)66-35-44/h8,10-11,16,21-26,33-35,41,45H,6-7,9,12-15,17-20,27-32,36-40,64H2,1-5H3,(H,67,75)/b16-8+/t45-,63+/m1/s1. The van der Waals surface area contributed by atoms with Crippen LogP contribution in [0.1, 0.15) is 138 Å². The Labute approximate surface area is 494 Å². The zero-order chi connectivity index (χ0) is 60.2. The average Bonchev–Trinajstić information content (AvgIpc) is 3.20. The highest BCUT2D eigenvalue weighted by molar-refractivity contribution is 7.98. The number of allylic oxidation sites excluding steroid dienone is 1. The number of carbonyl (C=O) groups is 7. The van der Waals surface area contributed by atoms with Crippen molar-refractivity contribution < 1.29 is 57.2 Å². The summed E-state index contributed by atoms with van der Waals surface area (Å²) < 4.78 is 29.6. The van der Waals surface area contributed by atoms with Gasteiger partial charge in [-0.05, 0) is 113 Å². The maximum Gasteiger partial charge on any atom is 0.510 e. The number of ketones is 3. The largest absolute Gasteiger partial charge is 0.510 e. The van der Waals surface area contributed by atoms with Gasteiger partial charge in [0.25, 0.3) is 5.56 Å². The fraction of sp³-hybridized carbons (Fsp3) is 0.476. The molecule has 0 saturated carbocycles. The van der Waals surface area contributed by atoms with Gasteiger partial charge in [0, 0.05) is 104 Å². The number of anilines is 1. The van der Waals surface area contributed by atoms with Crippen molar-refractivity contribution in [3.8, 4) is 11.4 Å². The number of hydrogen-bond donors (Lipinski definition) is 2. The molecule has 0 radical (unpaired) electrons. The van der Waals surface area contributed by atoms with Gasteiger partial charge in [-0.2, -0.15) is 0 Å². The highest BCUT2D eigenvalue weighted by atomic mass is 32.2. The predicted octanol–water partition coefficient (Wildman–Crippen LogP) is 9.01. The number of pyridine rings is 2. The number of aromatic nitrogens is 4. The average molecular weight is 1170 g/mol. The summed E-state index contributed by atoms with van der Waals surface area (Å²) in [4.78, 5) is 121. The summed E-state index contributed by atoms with van der Waals surface area (Å²) in [7, 11) is 0. The van der Waals surface area contributed by atoms with Crippen LogP contribution >= 0.6 is 11.8 Å². The Morgan fingerprint density at radius 3 is 2.31 bits per heavy atom. The van der Waals surface area contributed by atoms with E-state index in [2.05, 4.69) is 15.3 Å². The lowest BCUT2D eigenvalue weighted by molar-refractivity contribution is -0.175. The normalized spacial score (nSPS) is 14.6. The molecule has 3 N–H and O–H groups in total. The first-order valence-corrected chi connectivity index (χ1v) is 30.1. The van der Waals surface area contributed by atoms with Crippen LogP contribution in [-0.2, 0) is 84.2 Å². The van der Waals surface area contributed by atoms with Gasteiger partial charge in [0.05, 0.1) is 29.0 Å². The molecular formula is C63H77N7O13S. The lowest BCUT2D eigenvalue weighted by Crippen LogP contribution is -2.47. The van der Waals surface area contributed by atoms with Crippen molar-refractivity contribution in [3.05, 3.63) is 117 Å². The molecule has 2 aromatic carbocycles. The number of carbonyl (C=O) groups excluding carboxylic acids is 7. The second-order valence-corrected chi connectivity index (χ2v) is 22.1. The third-order valence-corrected chi connectivity index (χ3v) is 15.6. The minimum atomic E-state index is -2.01. The van der Waals surface area contributed by atoms with Crippen molar-refractivity contribution in [2.24, 2.45) is 11.7 Å². The Morgan fingerprint density at radius 2 is 1.61 bits per heavy atom. The molecule has 20 nitrogen and oxygen atoms in total. The molecule has 21 heteroatoms. The van der Waals surface area contributed by atoms with E-state index in [1.807, 2.05) is 56.5 Å². The summed E-state index contributed by atoms with van der Waals surface area (Å²) in [6.07, 6.45) is 14.0. The van der Waals surface area contributed by atoms with Crippen LogP contribution in [0.15, 0.2) is 83.0 Å². The molecule has 0 aliphatic carbocycles. The second-order valence-electron chi connectivity index (χ2n) is 21.3. The Morgan fingerprint density at radius 1 is 0.893 bits per heavy atom. The monoisotopic (exact) mass is 1170 g/mol. The number of cyclic esters (lactones) is 1. The van der Waals surface area contributed by atoms with Gasteiger partial charge in [0.15, 0.2) is 16.7 Å². The van der Waals surface area contributed by atoms with Gasteiger partial charge in [-0.1, -0.05) is 67.6 Å². The fourth-order valence-corrected chi connectivity index (χ4v) is 10.8. The van der Waals surface area contributed by atoms with E-state index in [0.29, 0.717) is 106 Å². The molecule has 7 rings (SSSR count). The summed E-state index contributed by atoms with van der Waals surface area (Å²) in [5.41, 5.74) is 9.06. The number of nitrogens with one attached hydrogen (secondary N) is 1. The number of ether oxygens (including phenoxy) is 5. The van der Waals surface area contributed by atoms with Gasteiger partial charge >= 0.3 is 12.1 Å². The van der Waals surface area contributed by atoms with Gasteiger partial charge in [-0.15, -0.1) is 0 Å². The molecule has 84 heavy (non-hydrogen) atoms. The molecule has 0 fully saturated rings. The molecule has 0 bridgehead atoms. The molecule has 0 spiro atoms. The van der Waals surface area contributed by atoms with Gasteiger partial charge in [0.1, 0.15) is 32.2 Å².